The molecule has 3 aliphatic rings. The second-order valence-corrected chi connectivity index (χ2v) is 10.9. The summed E-state index contributed by atoms with van der Waals surface area (Å²) in [5.41, 5.74) is 5.64. The zero-order valence-corrected chi connectivity index (χ0v) is 20.1. The van der Waals surface area contributed by atoms with Crippen LogP contribution in [0, 0.1) is 0 Å². The number of anilines is 2. The van der Waals surface area contributed by atoms with Gasteiger partial charge in [0.25, 0.3) is 0 Å². The van der Waals surface area contributed by atoms with Crippen LogP contribution in [0.2, 0.25) is 0 Å². The Morgan fingerprint density at radius 1 is 1.12 bits per heavy atom. The maximum absolute atomic E-state index is 13.4. The summed E-state index contributed by atoms with van der Waals surface area (Å²) < 4.78 is 33.4. The van der Waals surface area contributed by atoms with Crippen molar-refractivity contribution in [3.8, 4) is 0 Å². The van der Waals surface area contributed by atoms with E-state index < -0.39 is 16.2 Å². The highest BCUT2D eigenvalue weighted by molar-refractivity contribution is 7.91. The fourth-order valence-corrected chi connectivity index (χ4v) is 6.75. The zero-order valence-electron chi connectivity index (χ0n) is 19.2. The molecule has 0 bridgehead atoms. The molecule has 1 aromatic heterocycles. The van der Waals surface area contributed by atoms with Crippen LogP contribution < -0.4 is 14.7 Å². The summed E-state index contributed by atoms with van der Waals surface area (Å²) in [6.07, 6.45) is 8.94. The average Bonchev–Trinajstić information content (AvgIpc) is 3.50. The molecule has 0 atom stereocenters. The topological polar surface area (TPSA) is 106 Å². The Labute approximate surface area is 195 Å². The Kier molecular flexibility index (Phi) is 5.82. The Hall–Kier alpha value is -2.59. The van der Waals surface area contributed by atoms with Gasteiger partial charge in [0.15, 0.2) is 5.82 Å². The molecule has 1 aliphatic heterocycles. The van der Waals surface area contributed by atoms with Crippen LogP contribution >= 0.6 is 0 Å². The standard InChI is InChI=1S/C23H32N6O3S/c1-27-12-9-18(10-13-27)29(21-11-14-28(2)25-21)33(31,32)26-23(30)24-22-19-7-3-5-16(19)15-17-6-4-8-20(17)22/h11,14-15,18H,3-10,12-13H2,1-2H3,(H2,24,26,30)/p-1. The highest BCUT2D eigenvalue weighted by Gasteiger charge is 2.34. The van der Waals surface area contributed by atoms with E-state index in [1.54, 1.807) is 24.0 Å². The number of likely N-dealkylation sites (tertiary alicyclic amines) is 1. The van der Waals surface area contributed by atoms with E-state index in [1.807, 2.05) is 7.05 Å². The van der Waals surface area contributed by atoms with Crippen LogP contribution in [0.5, 0.6) is 0 Å². The summed E-state index contributed by atoms with van der Waals surface area (Å²) in [5.74, 6) is 0.296. The third-order valence-corrected chi connectivity index (χ3v) is 8.48. The predicted octanol–water partition coefficient (Wildman–Crippen LogP) is 1.37. The first-order valence-corrected chi connectivity index (χ1v) is 13.1. The number of aryl methyl sites for hydroxylation is 3. The summed E-state index contributed by atoms with van der Waals surface area (Å²) in [4.78, 5) is 2.17. The van der Waals surface area contributed by atoms with Crippen molar-refractivity contribution in [1.29, 1.82) is 0 Å². The van der Waals surface area contributed by atoms with Crippen molar-refractivity contribution >= 4 is 27.7 Å². The normalized spacial score (nSPS) is 19.5. The lowest BCUT2D eigenvalue weighted by molar-refractivity contribution is -0.213. The Balaban J connectivity index is 1.47. The monoisotopic (exact) mass is 471 g/mol. The highest BCUT2D eigenvalue weighted by Crippen LogP contribution is 2.38. The van der Waals surface area contributed by atoms with Gasteiger partial charge < -0.3 is 15.3 Å². The molecule has 0 saturated carbocycles. The molecule has 2 aromatic rings. The van der Waals surface area contributed by atoms with Crippen LogP contribution in [0.3, 0.4) is 0 Å². The first-order valence-electron chi connectivity index (χ1n) is 11.7. The maximum atomic E-state index is 13.4. The Morgan fingerprint density at radius 2 is 1.76 bits per heavy atom. The minimum absolute atomic E-state index is 0.289. The molecule has 1 N–H and O–H groups in total. The summed E-state index contributed by atoms with van der Waals surface area (Å²) in [7, 11) is -0.517. The molecule has 1 saturated heterocycles. The van der Waals surface area contributed by atoms with Gasteiger partial charge in [-0.25, -0.2) is 4.31 Å². The smallest absolute Gasteiger partial charge is 0.347 e. The fraction of sp³-hybridized carbons (Fsp3) is 0.565. The van der Waals surface area contributed by atoms with Crippen molar-refractivity contribution in [1.82, 2.24) is 14.7 Å². The predicted molar refractivity (Wildman–Crippen MR) is 127 cm³/mol. The molecule has 10 heteroatoms. The van der Waals surface area contributed by atoms with Crippen molar-refractivity contribution in [2.45, 2.75) is 57.4 Å². The van der Waals surface area contributed by atoms with Crippen LogP contribution in [-0.4, -0.2) is 55.3 Å². The molecule has 2 heterocycles. The lowest BCUT2D eigenvalue weighted by atomic mass is 9.99. The number of nitrogens with one attached hydrogen (secondary N) is 1. The average molecular weight is 472 g/mol. The number of aromatic nitrogens is 2. The molecule has 0 radical (unpaired) electrons. The maximum Gasteiger partial charge on any atom is 0.347 e. The minimum Gasteiger partial charge on any atom is -0.845 e. The Bertz CT molecular complexity index is 1150. The fourth-order valence-electron chi connectivity index (χ4n) is 5.49. The molecule has 0 unspecified atom stereocenters. The number of hydrogen-bond acceptors (Lipinski definition) is 5. The minimum atomic E-state index is -4.27. The van der Waals surface area contributed by atoms with E-state index >= 15 is 0 Å². The number of hydrogen-bond donors (Lipinski definition) is 1. The number of amidine groups is 1. The summed E-state index contributed by atoms with van der Waals surface area (Å²) in [6.45, 7) is 1.55. The van der Waals surface area contributed by atoms with Gasteiger partial charge >= 0.3 is 10.2 Å². The van der Waals surface area contributed by atoms with Crippen molar-refractivity contribution in [2.75, 3.05) is 29.8 Å². The van der Waals surface area contributed by atoms with Crippen LogP contribution in [-0.2, 0) is 42.9 Å². The third kappa shape index (κ3) is 4.33. The van der Waals surface area contributed by atoms with E-state index in [-0.39, 0.29) is 6.04 Å². The second-order valence-electron chi connectivity index (χ2n) is 9.41. The van der Waals surface area contributed by atoms with E-state index in [0.717, 1.165) is 68.4 Å². The lowest BCUT2D eigenvalue weighted by Crippen LogP contribution is -2.47. The second kappa shape index (κ2) is 8.64. The quantitative estimate of drug-likeness (QED) is 0.522. The zero-order chi connectivity index (χ0) is 23.2. The summed E-state index contributed by atoms with van der Waals surface area (Å²) >= 11 is 0. The van der Waals surface area contributed by atoms with Gasteiger partial charge in [-0.3, -0.25) is 4.68 Å². The first kappa shape index (κ1) is 22.2. The highest BCUT2D eigenvalue weighted by atomic mass is 32.2. The summed E-state index contributed by atoms with van der Waals surface area (Å²) in [6, 6.07) is 2.80. The molecule has 9 nitrogen and oxygen atoms in total. The molecular formula is C23H31N6O3S-. The van der Waals surface area contributed by atoms with Gasteiger partial charge in [-0.2, -0.15) is 13.5 Å². The number of nitrogens with zero attached hydrogens (tertiary/aromatic N) is 5. The molecule has 33 heavy (non-hydrogen) atoms. The molecule has 0 amide bonds. The molecule has 2 aliphatic carbocycles. The van der Waals surface area contributed by atoms with Crippen molar-refractivity contribution in [3.63, 3.8) is 0 Å². The van der Waals surface area contributed by atoms with Crippen LogP contribution in [0.4, 0.5) is 11.5 Å². The van der Waals surface area contributed by atoms with E-state index in [2.05, 4.69) is 25.8 Å². The van der Waals surface area contributed by atoms with Crippen LogP contribution in [0.1, 0.15) is 47.9 Å². The molecule has 1 aromatic carbocycles. The van der Waals surface area contributed by atoms with Gasteiger partial charge in [-0.1, -0.05) is 6.07 Å². The van der Waals surface area contributed by atoms with Crippen LogP contribution in [0.15, 0.2) is 22.7 Å². The van der Waals surface area contributed by atoms with Crippen molar-refractivity contribution in [3.05, 3.63) is 40.6 Å². The Morgan fingerprint density at radius 3 is 2.33 bits per heavy atom. The van der Waals surface area contributed by atoms with Gasteiger partial charge in [-0.05, 0) is 93.8 Å². The van der Waals surface area contributed by atoms with E-state index in [0.29, 0.717) is 18.7 Å². The molecule has 5 rings (SSSR count). The first-order chi connectivity index (χ1) is 15.8. The van der Waals surface area contributed by atoms with E-state index in [9.17, 15) is 13.5 Å². The number of piperidine rings is 1. The van der Waals surface area contributed by atoms with Crippen molar-refractivity contribution < 1.29 is 13.5 Å². The van der Waals surface area contributed by atoms with Crippen LogP contribution in [0.25, 0.3) is 0 Å². The van der Waals surface area contributed by atoms with Gasteiger partial charge in [-0.15, -0.1) is 4.40 Å². The van der Waals surface area contributed by atoms with Gasteiger partial charge in [0.05, 0.1) is 12.1 Å². The summed E-state index contributed by atoms with van der Waals surface area (Å²) in [5, 5.41) is 20.2. The molecule has 1 fully saturated rings. The van der Waals surface area contributed by atoms with Gasteiger partial charge in [0.1, 0.15) is 0 Å². The largest absolute Gasteiger partial charge is 0.845 e. The number of rotatable bonds is 5. The third-order valence-electron chi connectivity index (χ3n) is 7.10. The lowest BCUT2D eigenvalue weighted by Gasteiger charge is -2.35. The molecular weight excluding hydrogens is 440 g/mol. The van der Waals surface area contributed by atoms with Gasteiger partial charge in [0, 0.05) is 25.0 Å². The van der Waals surface area contributed by atoms with Gasteiger partial charge in [0.2, 0.25) is 0 Å². The number of fused-ring (bicyclic) bond motifs is 2. The SMILES string of the molecule is CN1CCC(N(c2ccn(C)n2)S(=O)(=O)/N=C(\[O-])Nc2c3c(cc4c2CCC4)CCC3)CC1. The molecule has 178 valence electrons. The van der Waals surface area contributed by atoms with Crippen molar-refractivity contribution in [2.24, 2.45) is 11.4 Å². The number of benzene rings is 1. The van der Waals surface area contributed by atoms with E-state index in [4.69, 9.17) is 0 Å². The molecule has 0 spiro atoms. The van der Waals surface area contributed by atoms with E-state index in [1.165, 1.54) is 15.4 Å².